The molecule has 0 radical (unpaired) electrons. The Balaban J connectivity index is 1.87. The van der Waals surface area contributed by atoms with Gasteiger partial charge in [0.2, 0.25) is 0 Å². The third-order valence-electron chi connectivity index (χ3n) is 3.98. The molecule has 3 unspecified atom stereocenters. The van der Waals surface area contributed by atoms with E-state index in [1.807, 2.05) is 0 Å². The van der Waals surface area contributed by atoms with Crippen LogP contribution in [0, 0.1) is 11.8 Å². The Kier molecular flexibility index (Phi) is 2.77. The number of hydrogen-bond acceptors (Lipinski definition) is 5. The molecule has 1 saturated carbocycles. The summed E-state index contributed by atoms with van der Waals surface area (Å²) in [5.74, 6) is -0.676. The van der Waals surface area contributed by atoms with E-state index in [4.69, 9.17) is 0 Å². The summed E-state index contributed by atoms with van der Waals surface area (Å²) in [5, 5.41) is 13.0. The predicted molar refractivity (Wildman–Crippen MR) is 63.2 cm³/mol. The Labute approximate surface area is 108 Å². The normalized spacial score (nSPS) is 30.4. The molecule has 2 heterocycles. The summed E-state index contributed by atoms with van der Waals surface area (Å²) < 4.78 is 3.65. The van der Waals surface area contributed by atoms with Crippen LogP contribution in [0.5, 0.6) is 0 Å². The van der Waals surface area contributed by atoms with E-state index in [0.717, 1.165) is 30.8 Å². The van der Waals surface area contributed by atoms with Crippen molar-refractivity contribution in [1.29, 1.82) is 0 Å². The van der Waals surface area contributed by atoms with E-state index in [0.29, 0.717) is 17.3 Å². The number of carboxylic acid groups (broad SMARTS) is 1. The van der Waals surface area contributed by atoms with Crippen molar-refractivity contribution in [2.45, 2.75) is 25.3 Å². The molecule has 1 aromatic rings. The van der Waals surface area contributed by atoms with E-state index in [2.05, 4.69) is 9.59 Å². The summed E-state index contributed by atoms with van der Waals surface area (Å²) in [7, 11) is 0. The van der Waals surface area contributed by atoms with Crippen molar-refractivity contribution in [1.82, 2.24) is 14.5 Å². The molecule has 0 aromatic carbocycles. The second-order valence-electron chi connectivity index (χ2n) is 4.88. The summed E-state index contributed by atoms with van der Waals surface area (Å²) in [4.78, 5) is 25.6. The minimum absolute atomic E-state index is 0.118. The molecule has 3 atom stereocenters. The van der Waals surface area contributed by atoms with Crippen molar-refractivity contribution in [2.75, 3.05) is 6.54 Å². The van der Waals surface area contributed by atoms with E-state index >= 15 is 0 Å². The van der Waals surface area contributed by atoms with Crippen molar-refractivity contribution in [2.24, 2.45) is 11.8 Å². The molecule has 0 spiro atoms. The molecule has 18 heavy (non-hydrogen) atoms. The largest absolute Gasteiger partial charge is 0.480 e. The second-order valence-corrected chi connectivity index (χ2v) is 5.66. The maximum atomic E-state index is 12.2. The van der Waals surface area contributed by atoms with E-state index < -0.39 is 12.0 Å². The maximum absolute atomic E-state index is 12.2. The molecule has 1 N–H and O–H groups in total. The zero-order valence-electron chi connectivity index (χ0n) is 9.65. The van der Waals surface area contributed by atoms with Gasteiger partial charge in [-0.3, -0.25) is 4.79 Å². The molecule has 2 fully saturated rings. The van der Waals surface area contributed by atoms with Crippen LogP contribution in [0.15, 0.2) is 6.20 Å². The molecule has 96 valence electrons. The fraction of sp³-hybridized carbons (Fsp3) is 0.636. The number of carboxylic acids is 1. The van der Waals surface area contributed by atoms with Crippen LogP contribution in [-0.4, -0.2) is 44.1 Å². The highest BCUT2D eigenvalue weighted by atomic mass is 32.1. The average molecular weight is 267 g/mol. The Bertz CT molecular complexity index is 476. The Morgan fingerprint density at radius 2 is 2.28 bits per heavy atom. The number of carbonyl (C=O) groups is 2. The molecule has 7 heteroatoms. The lowest BCUT2D eigenvalue weighted by Crippen LogP contribution is -2.43. The highest BCUT2D eigenvalue weighted by Gasteiger charge is 2.49. The van der Waals surface area contributed by atoms with Crippen LogP contribution in [0.1, 0.15) is 28.9 Å². The molecule has 1 aliphatic carbocycles. The van der Waals surface area contributed by atoms with Gasteiger partial charge in [-0.25, -0.2) is 4.79 Å². The standard InChI is InChI=1S/C11H13N3O3S/c15-10(8-4-12-13-18-8)14-5-6-2-1-3-7(6)9(14)11(16)17/h4,6-7,9H,1-3,5H2,(H,16,17). The molecule has 0 bridgehead atoms. The van der Waals surface area contributed by atoms with Gasteiger partial charge in [-0.2, -0.15) is 0 Å². The molecule has 3 rings (SSSR count). The summed E-state index contributed by atoms with van der Waals surface area (Å²) in [6.07, 6.45) is 4.41. The first kappa shape index (κ1) is 11.6. The van der Waals surface area contributed by atoms with Gasteiger partial charge in [-0.15, -0.1) is 5.10 Å². The lowest BCUT2D eigenvalue weighted by molar-refractivity contribution is -0.142. The van der Waals surface area contributed by atoms with Crippen LogP contribution in [0.2, 0.25) is 0 Å². The molecule has 2 aliphatic rings. The van der Waals surface area contributed by atoms with Gasteiger partial charge in [0, 0.05) is 6.54 Å². The zero-order chi connectivity index (χ0) is 12.7. The van der Waals surface area contributed by atoms with Gasteiger partial charge in [-0.05, 0) is 36.2 Å². The first-order valence-corrected chi connectivity index (χ1v) is 6.77. The number of nitrogens with zero attached hydrogens (tertiary/aromatic N) is 3. The van der Waals surface area contributed by atoms with Crippen LogP contribution in [0.25, 0.3) is 0 Å². The number of carbonyl (C=O) groups excluding carboxylic acids is 1. The molecular formula is C11H13N3O3S. The number of aromatic nitrogens is 2. The number of hydrogen-bond donors (Lipinski definition) is 1. The first-order valence-electron chi connectivity index (χ1n) is 5.99. The van der Waals surface area contributed by atoms with Crippen molar-refractivity contribution in [3.63, 3.8) is 0 Å². The van der Waals surface area contributed by atoms with Gasteiger partial charge in [0.25, 0.3) is 5.91 Å². The summed E-state index contributed by atoms with van der Waals surface area (Å²) >= 11 is 1.01. The van der Waals surface area contributed by atoms with Gasteiger partial charge in [-0.1, -0.05) is 10.9 Å². The van der Waals surface area contributed by atoms with E-state index in [1.165, 1.54) is 11.1 Å². The van der Waals surface area contributed by atoms with Gasteiger partial charge >= 0.3 is 5.97 Å². The Hall–Kier alpha value is -1.50. The van der Waals surface area contributed by atoms with E-state index in [1.54, 1.807) is 0 Å². The quantitative estimate of drug-likeness (QED) is 0.859. The highest BCUT2D eigenvalue weighted by Crippen LogP contribution is 2.42. The van der Waals surface area contributed by atoms with Crippen LogP contribution in [0.4, 0.5) is 0 Å². The molecular weight excluding hydrogens is 254 g/mol. The second kappa shape index (κ2) is 4.31. The van der Waals surface area contributed by atoms with Crippen LogP contribution < -0.4 is 0 Å². The van der Waals surface area contributed by atoms with Gasteiger partial charge in [0.15, 0.2) is 0 Å². The van der Waals surface area contributed by atoms with Crippen molar-refractivity contribution >= 4 is 23.4 Å². The van der Waals surface area contributed by atoms with E-state index in [-0.39, 0.29) is 11.8 Å². The minimum atomic E-state index is -0.893. The molecule has 1 aliphatic heterocycles. The fourth-order valence-corrected chi connectivity index (χ4v) is 3.71. The molecule has 1 saturated heterocycles. The van der Waals surface area contributed by atoms with Gasteiger partial charge in [0.05, 0.1) is 6.20 Å². The molecule has 6 nitrogen and oxygen atoms in total. The topological polar surface area (TPSA) is 83.4 Å². The fourth-order valence-electron chi connectivity index (χ4n) is 3.23. The monoisotopic (exact) mass is 267 g/mol. The number of amides is 1. The number of aliphatic carboxylic acids is 1. The summed E-state index contributed by atoms with van der Waals surface area (Å²) in [5.41, 5.74) is 0. The lowest BCUT2D eigenvalue weighted by atomic mass is 9.94. The smallest absolute Gasteiger partial charge is 0.326 e. The van der Waals surface area contributed by atoms with E-state index in [9.17, 15) is 14.7 Å². The van der Waals surface area contributed by atoms with Crippen molar-refractivity contribution in [3.8, 4) is 0 Å². The number of fused-ring (bicyclic) bond motifs is 1. The van der Waals surface area contributed by atoms with Crippen molar-refractivity contribution < 1.29 is 14.7 Å². The highest BCUT2D eigenvalue weighted by molar-refractivity contribution is 7.07. The third kappa shape index (κ3) is 1.69. The van der Waals surface area contributed by atoms with Crippen LogP contribution >= 0.6 is 11.5 Å². The SMILES string of the molecule is O=C(O)C1C2CCCC2CN1C(=O)c1cnns1. The molecule has 1 amide bonds. The van der Waals surface area contributed by atoms with Crippen molar-refractivity contribution in [3.05, 3.63) is 11.1 Å². The average Bonchev–Trinajstić information content (AvgIpc) is 3.03. The first-order chi connectivity index (χ1) is 8.68. The summed E-state index contributed by atoms with van der Waals surface area (Å²) in [6, 6.07) is -0.674. The minimum Gasteiger partial charge on any atom is -0.480 e. The number of likely N-dealkylation sites (tertiary alicyclic amines) is 1. The third-order valence-corrected chi connectivity index (χ3v) is 4.63. The maximum Gasteiger partial charge on any atom is 0.326 e. The Morgan fingerprint density at radius 3 is 2.94 bits per heavy atom. The zero-order valence-corrected chi connectivity index (χ0v) is 10.5. The summed E-state index contributed by atoms with van der Waals surface area (Å²) in [6.45, 7) is 0.554. The van der Waals surface area contributed by atoms with Gasteiger partial charge in [0.1, 0.15) is 10.9 Å². The Morgan fingerprint density at radius 1 is 1.44 bits per heavy atom. The predicted octanol–water partition coefficient (Wildman–Crippen LogP) is 0.863. The lowest BCUT2D eigenvalue weighted by Gasteiger charge is -2.23. The van der Waals surface area contributed by atoms with Crippen LogP contribution in [-0.2, 0) is 4.79 Å². The number of rotatable bonds is 2. The molecule has 1 aromatic heterocycles. The van der Waals surface area contributed by atoms with Crippen LogP contribution in [0.3, 0.4) is 0 Å². The van der Waals surface area contributed by atoms with Gasteiger partial charge < -0.3 is 10.0 Å².